The number of rotatable bonds is 2. The van der Waals surface area contributed by atoms with E-state index < -0.39 is 0 Å². The first-order valence-corrected chi connectivity index (χ1v) is 9.52. The quantitative estimate of drug-likeness (QED) is 0.589. The average Bonchev–Trinajstić information content (AvgIpc) is 3.04. The van der Waals surface area contributed by atoms with Crippen molar-refractivity contribution in [2.24, 2.45) is 0 Å². The number of thiophene rings is 2. The van der Waals surface area contributed by atoms with Crippen LogP contribution in [-0.2, 0) is 12.0 Å². The number of ether oxygens (including phenoxy) is 1. The summed E-state index contributed by atoms with van der Waals surface area (Å²) >= 11 is 3.83. The molecule has 0 saturated carbocycles. The van der Waals surface area contributed by atoms with E-state index in [9.17, 15) is 0 Å². The number of aryl methyl sites for hydroxylation is 1. The average molecular weight is 323 g/mol. The van der Waals surface area contributed by atoms with E-state index in [-0.39, 0.29) is 5.60 Å². The zero-order valence-corrected chi connectivity index (χ0v) is 15.8. The molecule has 0 bridgehead atoms. The van der Waals surface area contributed by atoms with E-state index in [1.54, 1.807) is 0 Å². The van der Waals surface area contributed by atoms with E-state index in [2.05, 4.69) is 46.8 Å². The molecule has 3 rings (SSSR count). The van der Waals surface area contributed by atoms with Gasteiger partial charge in [0.15, 0.2) is 0 Å². The first kappa shape index (κ1) is 16.6. The predicted octanol–water partition coefficient (Wildman–Crippen LogP) is 6.82. The Balaban J connectivity index is 0.000000774. The molecule has 1 aliphatic rings. The molecule has 3 heterocycles. The van der Waals surface area contributed by atoms with Crippen molar-refractivity contribution in [3.8, 4) is 15.5 Å². The third-order valence-electron chi connectivity index (χ3n) is 3.64. The lowest BCUT2D eigenvalue weighted by Gasteiger charge is -2.31. The van der Waals surface area contributed by atoms with Gasteiger partial charge in [0, 0.05) is 15.3 Å². The van der Waals surface area contributed by atoms with Gasteiger partial charge in [0.25, 0.3) is 0 Å². The summed E-state index contributed by atoms with van der Waals surface area (Å²) in [4.78, 5) is 5.64. The van der Waals surface area contributed by atoms with Gasteiger partial charge in [-0.25, -0.2) is 0 Å². The Morgan fingerprint density at radius 2 is 1.76 bits per heavy atom. The summed E-state index contributed by atoms with van der Waals surface area (Å²) in [6, 6.07) is 4.57. The molecule has 0 saturated heterocycles. The van der Waals surface area contributed by atoms with Gasteiger partial charge in [-0.05, 0) is 38.3 Å². The van der Waals surface area contributed by atoms with Crippen LogP contribution in [0.5, 0.6) is 5.75 Å². The van der Waals surface area contributed by atoms with Crippen molar-refractivity contribution in [3.63, 3.8) is 0 Å². The highest BCUT2D eigenvalue weighted by atomic mass is 32.1. The Labute approximate surface area is 137 Å². The molecular formula is C18H26OS2. The summed E-state index contributed by atoms with van der Waals surface area (Å²) in [5.41, 5.74) is 1.15. The van der Waals surface area contributed by atoms with Gasteiger partial charge < -0.3 is 4.74 Å². The van der Waals surface area contributed by atoms with Crippen molar-refractivity contribution in [1.82, 2.24) is 0 Å². The Morgan fingerprint density at radius 1 is 1.10 bits per heavy atom. The highest BCUT2D eigenvalue weighted by Crippen LogP contribution is 2.53. The highest BCUT2D eigenvalue weighted by molar-refractivity contribution is 7.22. The Kier molecular flexibility index (Phi) is 4.84. The fraction of sp³-hybridized carbons (Fsp3) is 0.556. The maximum Gasteiger partial charge on any atom is 0.140 e. The van der Waals surface area contributed by atoms with E-state index in [0.29, 0.717) is 5.92 Å². The summed E-state index contributed by atoms with van der Waals surface area (Å²) in [6.07, 6.45) is 1.10. The Bertz CT molecular complexity index is 617. The molecule has 116 valence electrons. The van der Waals surface area contributed by atoms with Crippen molar-refractivity contribution in [1.29, 1.82) is 0 Å². The van der Waals surface area contributed by atoms with Crippen molar-refractivity contribution in [3.05, 3.63) is 27.5 Å². The van der Waals surface area contributed by atoms with E-state index in [4.69, 9.17) is 4.74 Å². The molecule has 2 aromatic rings. The molecule has 0 radical (unpaired) electrons. The topological polar surface area (TPSA) is 9.23 Å². The van der Waals surface area contributed by atoms with E-state index in [0.717, 1.165) is 12.2 Å². The summed E-state index contributed by atoms with van der Waals surface area (Å²) < 4.78 is 6.25. The molecule has 0 fully saturated rings. The summed E-state index contributed by atoms with van der Waals surface area (Å²) in [6.45, 7) is 15.1. The second kappa shape index (κ2) is 6.13. The molecule has 3 heteroatoms. The van der Waals surface area contributed by atoms with Crippen LogP contribution in [0.25, 0.3) is 9.75 Å². The fourth-order valence-corrected chi connectivity index (χ4v) is 4.96. The minimum Gasteiger partial charge on any atom is -0.482 e. The summed E-state index contributed by atoms with van der Waals surface area (Å²) in [7, 11) is 0. The van der Waals surface area contributed by atoms with Gasteiger partial charge in [0.05, 0.1) is 9.75 Å². The third kappa shape index (κ3) is 2.91. The molecule has 0 aromatic carbocycles. The molecule has 1 aliphatic heterocycles. The third-order valence-corrected chi connectivity index (χ3v) is 6.50. The van der Waals surface area contributed by atoms with E-state index in [1.807, 2.05) is 36.5 Å². The molecule has 0 atom stereocenters. The smallest absolute Gasteiger partial charge is 0.140 e. The maximum absolute atomic E-state index is 6.25. The standard InChI is InChI=1S/C16H20OS2.C2H6/c1-6-10-7-11-14(18-10)15-12(17-16(11,4)5)8-13(19-15)9(2)3;1-2/h7-9H,6H2,1-5H3;1-2H3. The summed E-state index contributed by atoms with van der Waals surface area (Å²) in [5.74, 6) is 1.65. The zero-order chi connectivity index (χ0) is 15.8. The van der Waals surface area contributed by atoms with Gasteiger partial charge >= 0.3 is 0 Å². The van der Waals surface area contributed by atoms with E-state index >= 15 is 0 Å². The van der Waals surface area contributed by atoms with Crippen molar-refractivity contribution in [2.75, 3.05) is 0 Å². The van der Waals surface area contributed by atoms with Crippen molar-refractivity contribution >= 4 is 22.7 Å². The largest absolute Gasteiger partial charge is 0.482 e. The predicted molar refractivity (Wildman–Crippen MR) is 96.1 cm³/mol. The minimum atomic E-state index is -0.207. The first-order chi connectivity index (χ1) is 9.92. The normalized spacial score (nSPS) is 14.9. The van der Waals surface area contributed by atoms with Gasteiger partial charge in [-0.15, -0.1) is 22.7 Å². The first-order valence-electron chi connectivity index (χ1n) is 7.88. The van der Waals surface area contributed by atoms with Crippen molar-refractivity contribution in [2.45, 2.75) is 66.4 Å². The SMILES string of the molecule is CC.CCc1cc2c(s1)-c1sc(C(C)C)cc1OC2(C)C. The van der Waals surface area contributed by atoms with Crippen LogP contribution in [0.15, 0.2) is 12.1 Å². The monoisotopic (exact) mass is 322 g/mol. The molecule has 0 aliphatic carbocycles. The van der Waals surface area contributed by atoms with Crippen LogP contribution >= 0.6 is 22.7 Å². The van der Waals surface area contributed by atoms with Crippen LogP contribution in [-0.4, -0.2) is 0 Å². The van der Waals surface area contributed by atoms with Gasteiger partial charge in [-0.3, -0.25) is 0 Å². The number of fused-ring (bicyclic) bond motifs is 3. The fourth-order valence-electron chi connectivity index (χ4n) is 2.47. The highest BCUT2D eigenvalue weighted by Gasteiger charge is 2.36. The van der Waals surface area contributed by atoms with Crippen LogP contribution in [0.1, 0.15) is 69.7 Å². The van der Waals surface area contributed by atoms with Crippen LogP contribution in [0.3, 0.4) is 0 Å². The minimum absolute atomic E-state index is 0.207. The molecule has 0 spiro atoms. The molecule has 0 amide bonds. The van der Waals surface area contributed by atoms with Gasteiger partial charge in [0.2, 0.25) is 0 Å². The number of hydrogen-bond acceptors (Lipinski definition) is 3. The second-order valence-electron chi connectivity index (χ2n) is 5.92. The molecule has 21 heavy (non-hydrogen) atoms. The van der Waals surface area contributed by atoms with E-state index in [1.165, 1.54) is 25.1 Å². The molecule has 1 nitrogen and oxygen atoms in total. The maximum atomic E-state index is 6.25. The van der Waals surface area contributed by atoms with Crippen LogP contribution in [0.4, 0.5) is 0 Å². The van der Waals surface area contributed by atoms with Crippen LogP contribution in [0.2, 0.25) is 0 Å². The second-order valence-corrected chi connectivity index (χ2v) is 8.14. The van der Waals surface area contributed by atoms with Crippen LogP contribution < -0.4 is 4.74 Å². The molecule has 2 aromatic heterocycles. The zero-order valence-electron chi connectivity index (χ0n) is 14.2. The Morgan fingerprint density at radius 3 is 2.33 bits per heavy atom. The van der Waals surface area contributed by atoms with Gasteiger partial charge in [-0.2, -0.15) is 0 Å². The number of hydrogen-bond donors (Lipinski definition) is 0. The van der Waals surface area contributed by atoms with Gasteiger partial charge in [-0.1, -0.05) is 34.6 Å². The lowest BCUT2D eigenvalue weighted by Crippen LogP contribution is -2.27. The molecule has 0 N–H and O–H groups in total. The molecule has 0 unspecified atom stereocenters. The lowest BCUT2D eigenvalue weighted by molar-refractivity contribution is 0.107. The van der Waals surface area contributed by atoms with Gasteiger partial charge in [0.1, 0.15) is 11.4 Å². The van der Waals surface area contributed by atoms with Crippen LogP contribution in [0, 0.1) is 0 Å². The van der Waals surface area contributed by atoms with Crippen molar-refractivity contribution < 1.29 is 4.74 Å². The Hall–Kier alpha value is -0.800. The lowest BCUT2D eigenvalue weighted by atomic mass is 9.95. The molecular weight excluding hydrogens is 296 g/mol. The summed E-state index contributed by atoms with van der Waals surface area (Å²) in [5, 5.41) is 0.